The second-order valence-corrected chi connectivity index (χ2v) is 6.86. The van der Waals surface area contributed by atoms with Gasteiger partial charge in [-0.1, -0.05) is 48.5 Å². The summed E-state index contributed by atoms with van der Waals surface area (Å²) in [5, 5.41) is 8.44. The number of benzene rings is 3. The van der Waals surface area contributed by atoms with E-state index in [2.05, 4.69) is 28.8 Å². The highest BCUT2D eigenvalue weighted by Crippen LogP contribution is 2.23. The van der Waals surface area contributed by atoms with Crippen LogP contribution in [0.5, 0.6) is 0 Å². The monoisotopic (exact) mass is 387 g/mol. The summed E-state index contributed by atoms with van der Waals surface area (Å²) < 4.78 is 0. The average Bonchev–Trinajstić information content (AvgIpc) is 3.00. The van der Waals surface area contributed by atoms with Gasteiger partial charge < -0.3 is 10.6 Å². The van der Waals surface area contributed by atoms with Gasteiger partial charge in [0, 0.05) is 37.1 Å². The van der Waals surface area contributed by atoms with E-state index in [1.807, 2.05) is 24.3 Å². The number of carbonyl (C=O) groups excluding carboxylic acids is 3. The molecule has 29 heavy (non-hydrogen) atoms. The molecular weight excluding hydrogens is 366 g/mol. The molecule has 146 valence electrons. The highest BCUT2D eigenvalue weighted by atomic mass is 16.2. The lowest BCUT2D eigenvalue weighted by atomic mass is 10.1. The lowest BCUT2D eigenvalue weighted by Gasteiger charge is -2.14. The number of anilines is 1. The van der Waals surface area contributed by atoms with Crippen LogP contribution in [0.25, 0.3) is 10.8 Å². The van der Waals surface area contributed by atoms with Gasteiger partial charge >= 0.3 is 0 Å². The zero-order valence-electron chi connectivity index (χ0n) is 15.9. The minimum Gasteiger partial charge on any atom is -0.383 e. The van der Waals surface area contributed by atoms with Gasteiger partial charge in [0.2, 0.25) is 5.91 Å². The fourth-order valence-corrected chi connectivity index (χ4v) is 3.52. The van der Waals surface area contributed by atoms with Gasteiger partial charge in [-0.3, -0.25) is 19.3 Å². The fraction of sp³-hybridized carbons (Fsp3) is 0.174. The molecule has 2 N–H and O–H groups in total. The third-order valence-electron chi connectivity index (χ3n) is 4.99. The van der Waals surface area contributed by atoms with Gasteiger partial charge in [0.1, 0.15) is 0 Å². The molecule has 0 spiro atoms. The smallest absolute Gasteiger partial charge is 0.261 e. The van der Waals surface area contributed by atoms with E-state index in [1.54, 1.807) is 24.3 Å². The molecule has 1 heterocycles. The number of nitrogens with zero attached hydrogens (tertiary/aromatic N) is 1. The van der Waals surface area contributed by atoms with Crippen LogP contribution in [0, 0.1) is 0 Å². The first-order valence-corrected chi connectivity index (χ1v) is 9.59. The minimum absolute atomic E-state index is 0.0783. The number of rotatable bonds is 7. The molecule has 0 atom stereocenters. The Labute approximate surface area is 168 Å². The summed E-state index contributed by atoms with van der Waals surface area (Å²) in [7, 11) is 0. The summed E-state index contributed by atoms with van der Waals surface area (Å²) in [6, 6.07) is 20.9. The van der Waals surface area contributed by atoms with Gasteiger partial charge in [-0.25, -0.2) is 0 Å². The van der Waals surface area contributed by atoms with Gasteiger partial charge in [-0.15, -0.1) is 0 Å². The van der Waals surface area contributed by atoms with Crippen molar-refractivity contribution in [3.63, 3.8) is 0 Å². The molecule has 3 amide bonds. The molecule has 0 radical (unpaired) electrons. The molecule has 1 aliphatic heterocycles. The Morgan fingerprint density at radius 2 is 1.45 bits per heavy atom. The first-order chi connectivity index (χ1) is 14.1. The van der Waals surface area contributed by atoms with Crippen LogP contribution in [-0.2, 0) is 4.79 Å². The number of fused-ring (bicyclic) bond motifs is 2. The topological polar surface area (TPSA) is 78.5 Å². The Morgan fingerprint density at radius 1 is 0.793 bits per heavy atom. The van der Waals surface area contributed by atoms with E-state index in [4.69, 9.17) is 0 Å². The average molecular weight is 387 g/mol. The quantitative estimate of drug-likeness (QED) is 0.482. The number of hydrogen-bond acceptors (Lipinski definition) is 4. The molecule has 6 heteroatoms. The molecular formula is C23H21N3O3. The van der Waals surface area contributed by atoms with E-state index in [0.29, 0.717) is 24.2 Å². The zero-order chi connectivity index (χ0) is 20.2. The van der Waals surface area contributed by atoms with E-state index in [0.717, 1.165) is 21.4 Å². The SMILES string of the molecule is O=C(CCN1C(=O)c2ccccc2C1=O)NCCNc1cccc2ccccc12. The molecule has 0 bridgehead atoms. The number of nitrogens with one attached hydrogen (secondary N) is 2. The van der Waals surface area contributed by atoms with Crippen LogP contribution in [0.4, 0.5) is 5.69 Å². The Kier molecular flexibility index (Phi) is 5.24. The van der Waals surface area contributed by atoms with Crippen molar-refractivity contribution in [2.75, 3.05) is 25.0 Å². The van der Waals surface area contributed by atoms with Gasteiger partial charge in [-0.05, 0) is 23.6 Å². The predicted molar refractivity (Wildman–Crippen MR) is 112 cm³/mol. The van der Waals surface area contributed by atoms with Crippen molar-refractivity contribution in [3.05, 3.63) is 77.9 Å². The van der Waals surface area contributed by atoms with E-state index in [-0.39, 0.29) is 30.7 Å². The summed E-state index contributed by atoms with van der Waals surface area (Å²) >= 11 is 0. The van der Waals surface area contributed by atoms with Gasteiger partial charge in [0.05, 0.1) is 11.1 Å². The van der Waals surface area contributed by atoms with Crippen molar-refractivity contribution in [2.45, 2.75) is 6.42 Å². The van der Waals surface area contributed by atoms with Crippen LogP contribution in [-0.4, -0.2) is 42.3 Å². The van der Waals surface area contributed by atoms with Crippen molar-refractivity contribution in [3.8, 4) is 0 Å². The molecule has 3 aromatic carbocycles. The Hall–Kier alpha value is -3.67. The van der Waals surface area contributed by atoms with Crippen LogP contribution in [0.2, 0.25) is 0 Å². The largest absolute Gasteiger partial charge is 0.383 e. The van der Waals surface area contributed by atoms with Crippen molar-refractivity contribution >= 4 is 34.2 Å². The molecule has 0 saturated carbocycles. The molecule has 0 unspecified atom stereocenters. The van der Waals surface area contributed by atoms with Crippen molar-refractivity contribution in [1.82, 2.24) is 10.2 Å². The lowest BCUT2D eigenvalue weighted by Crippen LogP contribution is -2.35. The summed E-state index contributed by atoms with van der Waals surface area (Å²) in [5.74, 6) is -0.867. The van der Waals surface area contributed by atoms with Crippen molar-refractivity contribution in [2.24, 2.45) is 0 Å². The second kappa shape index (κ2) is 8.14. The Morgan fingerprint density at radius 3 is 2.21 bits per heavy atom. The third-order valence-corrected chi connectivity index (χ3v) is 4.99. The first-order valence-electron chi connectivity index (χ1n) is 9.59. The predicted octanol–water partition coefficient (Wildman–Crippen LogP) is 3.05. The lowest BCUT2D eigenvalue weighted by molar-refractivity contribution is -0.121. The summed E-state index contributed by atoms with van der Waals surface area (Å²) in [6.07, 6.45) is 0.0831. The van der Waals surface area contributed by atoms with E-state index < -0.39 is 0 Å². The standard InChI is InChI=1S/C23H21N3O3/c27-21(12-15-26-22(28)18-9-3-4-10-19(18)23(26)29)25-14-13-24-20-11-5-7-16-6-1-2-8-17(16)20/h1-11,24H,12-15H2,(H,25,27). The maximum atomic E-state index is 12.3. The van der Waals surface area contributed by atoms with Crippen LogP contribution in [0.15, 0.2) is 66.7 Å². The van der Waals surface area contributed by atoms with Gasteiger partial charge in [-0.2, -0.15) is 0 Å². The van der Waals surface area contributed by atoms with Gasteiger partial charge in [0.15, 0.2) is 0 Å². The Balaban J connectivity index is 1.24. The van der Waals surface area contributed by atoms with Crippen LogP contribution < -0.4 is 10.6 Å². The summed E-state index contributed by atoms with van der Waals surface area (Å²) in [6.45, 7) is 1.10. The summed E-state index contributed by atoms with van der Waals surface area (Å²) in [4.78, 5) is 37.9. The maximum Gasteiger partial charge on any atom is 0.261 e. The molecule has 6 nitrogen and oxygen atoms in total. The molecule has 1 aliphatic rings. The number of carbonyl (C=O) groups is 3. The van der Waals surface area contributed by atoms with E-state index in [9.17, 15) is 14.4 Å². The van der Waals surface area contributed by atoms with Crippen LogP contribution >= 0.6 is 0 Å². The van der Waals surface area contributed by atoms with E-state index in [1.165, 1.54) is 0 Å². The second-order valence-electron chi connectivity index (χ2n) is 6.86. The van der Waals surface area contributed by atoms with Crippen LogP contribution in [0.3, 0.4) is 0 Å². The molecule has 0 fully saturated rings. The van der Waals surface area contributed by atoms with E-state index >= 15 is 0 Å². The first kappa shape index (κ1) is 18.7. The van der Waals surface area contributed by atoms with Crippen molar-refractivity contribution in [1.29, 1.82) is 0 Å². The molecule has 0 aromatic heterocycles. The fourth-order valence-electron chi connectivity index (χ4n) is 3.52. The zero-order valence-corrected chi connectivity index (χ0v) is 15.9. The number of amides is 3. The molecule has 3 aromatic rings. The van der Waals surface area contributed by atoms with Crippen LogP contribution in [0.1, 0.15) is 27.1 Å². The summed E-state index contributed by atoms with van der Waals surface area (Å²) in [5.41, 5.74) is 1.82. The minimum atomic E-state index is -0.337. The Bertz CT molecular complexity index is 1050. The number of hydrogen-bond donors (Lipinski definition) is 2. The highest BCUT2D eigenvalue weighted by Gasteiger charge is 2.34. The maximum absolute atomic E-state index is 12.3. The molecule has 0 saturated heterocycles. The normalized spacial score (nSPS) is 12.9. The third kappa shape index (κ3) is 3.82. The molecule has 4 rings (SSSR count). The van der Waals surface area contributed by atoms with Crippen molar-refractivity contribution < 1.29 is 14.4 Å². The van der Waals surface area contributed by atoms with Gasteiger partial charge in [0.25, 0.3) is 11.8 Å². The highest BCUT2D eigenvalue weighted by molar-refractivity contribution is 6.21. The number of imide groups is 1. The molecule has 0 aliphatic carbocycles.